The summed E-state index contributed by atoms with van der Waals surface area (Å²) in [5, 5.41) is 8.15. The normalized spacial score (nSPS) is 21.8. The molecule has 5 heteroatoms. The number of ether oxygens (including phenoxy) is 1. The fourth-order valence-electron chi connectivity index (χ4n) is 3.49. The summed E-state index contributed by atoms with van der Waals surface area (Å²) >= 11 is 0. The minimum absolute atomic E-state index is 0. The Morgan fingerprint density at radius 2 is 2.09 bits per heavy atom. The standard InChI is InChI=1S/C17H25N3O.ClH/c1-3-20(4-2)14-6-5-7-15(11-14)21-16-8-9-17-13(10-16)12-18-19-17;/h8-10,12,14-15H,3-7,11H2,1-2H3,(H,18,19);1H/t14-,15-;/m0./s1. The second-order valence-electron chi connectivity index (χ2n) is 5.90. The minimum Gasteiger partial charge on any atom is -0.490 e. The zero-order valence-corrected chi connectivity index (χ0v) is 14.2. The molecule has 122 valence electrons. The van der Waals surface area contributed by atoms with E-state index in [1.165, 1.54) is 19.3 Å². The quantitative estimate of drug-likeness (QED) is 0.903. The first-order valence-corrected chi connectivity index (χ1v) is 8.14. The third-order valence-corrected chi connectivity index (χ3v) is 4.64. The van der Waals surface area contributed by atoms with Crippen molar-refractivity contribution in [3.05, 3.63) is 24.4 Å². The molecule has 1 saturated carbocycles. The van der Waals surface area contributed by atoms with Gasteiger partial charge >= 0.3 is 0 Å². The van der Waals surface area contributed by atoms with Crippen molar-refractivity contribution in [2.75, 3.05) is 13.1 Å². The third kappa shape index (κ3) is 3.73. The maximum absolute atomic E-state index is 6.23. The monoisotopic (exact) mass is 323 g/mol. The largest absolute Gasteiger partial charge is 0.490 e. The SMILES string of the molecule is CCN(CC)[C@H]1CCC[C@H](Oc2ccc3[nH]ncc3c2)C1.Cl. The van der Waals surface area contributed by atoms with Gasteiger partial charge in [-0.3, -0.25) is 5.10 Å². The van der Waals surface area contributed by atoms with Gasteiger partial charge in [0.15, 0.2) is 0 Å². The molecule has 0 unspecified atom stereocenters. The summed E-state index contributed by atoms with van der Waals surface area (Å²) in [6.07, 6.45) is 7.07. The van der Waals surface area contributed by atoms with E-state index in [-0.39, 0.29) is 12.4 Å². The van der Waals surface area contributed by atoms with Crippen molar-refractivity contribution < 1.29 is 4.74 Å². The van der Waals surface area contributed by atoms with Gasteiger partial charge in [-0.25, -0.2) is 0 Å². The van der Waals surface area contributed by atoms with Crippen LogP contribution < -0.4 is 4.74 Å². The van der Waals surface area contributed by atoms with Gasteiger partial charge in [0.05, 0.1) is 11.7 Å². The van der Waals surface area contributed by atoms with E-state index in [1.807, 2.05) is 18.3 Å². The van der Waals surface area contributed by atoms with Gasteiger partial charge in [0.25, 0.3) is 0 Å². The molecule has 1 aromatic heterocycles. The number of H-pyrrole nitrogens is 1. The van der Waals surface area contributed by atoms with Crippen molar-refractivity contribution in [3.8, 4) is 5.75 Å². The molecule has 4 nitrogen and oxygen atoms in total. The van der Waals surface area contributed by atoms with Crippen LogP contribution in [0.15, 0.2) is 24.4 Å². The second-order valence-corrected chi connectivity index (χ2v) is 5.90. The lowest BCUT2D eigenvalue weighted by Crippen LogP contribution is -2.41. The highest BCUT2D eigenvalue weighted by atomic mass is 35.5. The number of hydrogen-bond donors (Lipinski definition) is 1. The van der Waals surface area contributed by atoms with Crippen molar-refractivity contribution in [1.29, 1.82) is 0 Å². The Bertz CT molecular complexity index is 582. The zero-order valence-electron chi connectivity index (χ0n) is 13.4. The molecule has 0 spiro atoms. The number of nitrogens with one attached hydrogen (secondary N) is 1. The lowest BCUT2D eigenvalue weighted by atomic mass is 9.91. The molecule has 0 radical (unpaired) electrons. The number of aromatic amines is 1. The molecule has 0 saturated heterocycles. The summed E-state index contributed by atoms with van der Waals surface area (Å²) in [5.41, 5.74) is 1.06. The first-order chi connectivity index (χ1) is 10.3. The molecular formula is C17H26ClN3O. The van der Waals surface area contributed by atoms with Gasteiger partial charge < -0.3 is 9.64 Å². The van der Waals surface area contributed by atoms with Gasteiger partial charge in [0.2, 0.25) is 0 Å². The predicted octanol–water partition coefficient (Wildman–Crippen LogP) is 4.02. The van der Waals surface area contributed by atoms with Gasteiger partial charge in [-0.05, 0) is 57.0 Å². The van der Waals surface area contributed by atoms with Gasteiger partial charge in [0, 0.05) is 11.4 Å². The maximum atomic E-state index is 6.23. The molecule has 1 aromatic carbocycles. The van der Waals surface area contributed by atoms with Crippen molar-refractivity contribution in [1.82, 2.24) is 15.1 Å². The Balaban J connectivity index is 0.00000176. The molecule has 1 heterocycles. The number of halogens is 1. The van der Waals surface area contributed by atoms with E-state index in [1.54, 1.807) is 0 Å². The molecule has 1 aliphatic rings. The van der Waals surface area contributed by atoms with E-state index < -0.39 is 0 Å². The van der Waals surface area contributed by atoms with Crippen LogP contribution in [0.4, 0.5) is 0 Å². The van der Waals surface area contributed by atoms with Gasteiger partial charge in [0.1, 0.15) is 11.9 Å². The molecule has 0 bridgehead atoms. The Kier molecular flexibility index (Phi) is 6.09. The highest BCUT2D eigenvalue weighted by Gasteiger charge is 2.26. The smallest absolute Gasteiger partial charge is 0.120 e. The number of fused-ring (bicyclic) bond motifs is 1. The fourth-order valence-corrected chi connectivity index (χ4v) is 3.49. The number of aromatic nitrogens is 2. The summed E-state index contributed by atoms with van der Waals surface area (Å²) in [6, 6.07) is 6.85. The zero-order chi connectivity index (χ0) is 14.7. The second kappa shape index (κ2) is 7.84. The number of rotatable bonds is 5. The molecule has 2 atom stereocenters. The van der Waals surface area contributed by atoms with Crippen molar-refractivity contribution >= 4 is 23.3 Å². The Morgan fingerprint density at radius 1 is 1.27 bits per heavy atom. The topological polar surface area (TPSA) is 41.1 Å². The molecule has 3 rings (SSSR count). The number of hydrogen-bond acceptors (Lipinski definition) is 3. The van der Waals surface area contributed by atoms with E-state index >= 15 is 0 Å². The molecule has 0 aliphatic heterocycles. The first kappa shape index (κ1) is 17.1. The molecule has 1 N–H and O–H groups in total. The third-order valence-electron chi connectivity index (χ3n) is 4.64. The highest BCUT2D eigenvalue weighted by molar-refractivity contribution is 5.85. The van der Waals surface area contributed by atoms with E-state index in [4.69, 9.17) is 4.74 Å². The van der Waals surface area contributed by atoms with E-state index in [0.717, 1.165) is 36.2 Å². The molecule has 1 aliphatic carbocycles. The summed E-state index contributed by atoms with van der Waals surface area (Å²) in [4.78, 5) is 2.56. The van der Waals surface area contributed by atoms with Crippen LogP contribution >= 0.6 is 12.4 Å². The van der Waals surface area contributed by atoms with Crippen LogP contribution in [0.3, 0.4) is 0 Å². The van der Waals surface area contributed by atoms with Crippen LogP contribution in [0.2, 0.25) is 0 Å². The van der Waals surface area contributed by atoms with Crippen LogP contribution in [0, 0.1) is 0 Å². The van der Waals surface area contributed by atoms with Crippen LogP contribution in [0.5, 0.6) is 5.75 Å². The predicted molar refractivity (Wildman–Crippen MR) is 92.9 cm³/mol. The van der Waals surface area contributed by atoms with Gasteiger partial charge in [-0.15, -0.1) is 12.4 Å². The summed E-state index contributed by atoms with van der Waals surface area (Å²) in [5.74, 6) is 0.967. The van der Waals surface area contributed by atoms with Crippen LogP contribution in [0.25, 0.3) is 10.9 Å². The van der Waals surface area contributed by atoms with E-state index in [2.05, 4.69) is 35.0 Å². The van der Waals surface area contributed by atoms with E-state index in [0.29, 0.717) is 12.1 Å². The summed E-state index contributed by atoms with van der Waals surface area (Å²) < 4.78 is 6.23. The molecule has 2 aromatic rings. The fraction of sp³-hybridized carbons (Fsp3) is 0.588. The van der Waals surface area contributed by atoms with Gasteiger partial charge in [-0.2, -0.15) is 5.10 Å². The van der Waals surface area contributed by atoms with Crippen LogP contribution in [-0.4, -0.2) is 40.3 Å². The van der Waals surface area contributed by atoms with Crippen molar-refractivity contribution in [3.63, 3.8) is 0 Å². The lowest BCUT2D eigenvalue weighted by Gasteiger charge is -2.36. The number of benzene rings is 1. The molecular weight excluding hydrogens is 298 g/mol. The summed E-state index contributed by atoms with van der Waals surface area (Å²) in [6.45, 7) is 6.77. The molecule has 1 fully saturated rings. The van der Waals surface area contributed by atoms with Crippen molar-refractivity contribution in [2.24, 2.45) is 0 Å². The lowest BCUT2D eigenvalue weighted by molar-refractivity contribution is 0.0819. The van der Waals surface area contributed by atoms with Crippen LogP contribution in [0.1, 0.15) is 39.5 Å². The number of nitrogens with zero attached hydrogens (tertiary/aromatic N) is 2. The Morgan fingerprint density at radius 3 is 2.86 bits per heavy atom. The highest BCUT2D eigenvalue weighted by Crippen LogP contribution is 2.28. The average molecular weight is 324 g/mol. The minimum atomic E-state index is 0. The Hall–Kier alpha value is -1.26. The Labute approximate surface area is 138 Å². The molecule has 0 amide bonds. The molecule has 22 heavy (non-hydrogen) atoms. The maximum Gasteiger partial charge on any atom is 0.120 e. The first-order valence-electron chi connectivity index (χ1n) is 8.14. The average Bonchev–Trinajstić information content (AvgIpc) is 2.96. The van der Waals surface area contributed by atoms with E-state index in [9.17, 15) is 0 Å². The van der Waals surface area contributed by atoms with Crippen molar-refractivity contribution in [2.45, 2.75) is 51.7 Å². The summed E-state index contributed by atoms with van der Waals surface area (Å²) in [7, 11) is 0. The van der Waals surface area contributed by atoms with Gasteiger partial charge in [-0.1, -0.05) is 13.8 Å². The van der Waals surface area contributed by atoms with Crippen LogP contribution in [-0.2, 0) is 0 Å².